The number of carbonyl (C=O) groups is 1. The van der Waals surface area contributed by atoms with Crippen LogP contribution in [0.15, 0.2) is 72.8 Å². The van der Waals surface area contributed by atoms with Crippen LogP contribution in [0, 0.1) is 0 Å². The van der Waals surface area contributed by atoms with Gasteiger partial charge in [-0.15, -0.1) is 0 Å². The van der Waals surface area contributed by atoms with Crippen LogP contribution in [0.25, 0.3) is 0 Å². The second-order valence-corrected chi connectivity index (χ2v) is 10.1. The van der Waals surface area contributed by atoms with Crippen molar-refractivity contribution in [2.45, 2.75) is 39.8 Å². The molecule has 0 aliphatic heterocycles. The zero-order chi connectivity index (χ0) is 24.7. The maximum Gasteiger partial charge on any atom is 0.251 e. The molecule has 0 radical (unpaired) electrons. The molecule has 0 heterocycles. The topological polar surface area (TPSA) is 75.7 Å². The number of aryl methyl sites for hydroxylation is 1. The van der Waals surface area contributed by atoms with E-state index in [0.717, 1.165) is 17.5 Å². The number of nitrogens with zero attached hydrogens (tertiary/aromatic N) is 1. The highest BCUT2D eigenvalue weighted by Gasteiger charge is 2.21. The summed E-state index contributed by atoms with van der Waals surface area (Å²) in [6.45, 7) is 6.47. The van der Waals surface area contributed by atoms with E-state index in [-0.39, 0.29) is 18.5 Å². The lowest BCUT2D eigenvalue weighted by molar-refractivity contribution is 0.0940. The zero-order valence-electron chi connectivity index (χ0n) is 20.1. The minimum atomic E-state index is -3.56. The van der Waals surface area contributed by atoms with E-state index >= 15 is 0 Å². The van der Waals surface area contributed by atoms with Gasteiger partial charge in [-0.05, 0) is 61.2 Å². The summed E-state index contributed by atoms with van der Waals surface area (Å²) >= 11 is 0. The first-order chi connectivity index (χ1) is 16.2. The van der Waals surface area contributed by atoms with Crippen LogP contribution in [0.5, 0.6) is 5.75 Å². The van der Waals surface area contributed by atoms with Gasteiger partial charge in [-0.3, -0.25) is 9.10 Å². The first-order valence-electron chi connectivity index (χ1n) is 11.4. The molecule has 3 aromatic rings. The molecule has 0 aliphatic rings. The van der Waals surface area contributed by atoms with E-state index in [2.05, 4.69) is 24.4 Å². The number of hydrogen-bond donors (Lipinski definition) is 1. The van der Waals surface area contributed by atoms with Gasteiger partial charge in [0.05, 0.1) is 31.1 Å². The number of anilines is 1. The highest BCUT2D eigenvalue weighted by Crippen LogP contribution is 2.31. The maximum absolute atomic E-state index is 12.7. The molecule has 1 N–H and O–H groups in total. The van der Waals surface area contributed by atoms with E-state index in [4.69, 9.17) is 4.74 Å². The van der Waals surface area contributed by atoms with Crippen molar-refractivity contribution < 1.29 is 17.9 Å². The number of carbonyl (C=O) groups excluding carboxylic acids is 1. The minimum absolute atomic E-state index is 0.130. The van der Waals surface area contributed by atoms with Crippen LogP contribution in [0.3, 0.4) is 0 Å². The Balaban J connectivity index is 1.74. The van der Waals surface area contributed by atoms with Crippen LogP contribution >= 0.6 is 0 Å². The van der Waals surface area contributed by atoms with Crippen molar-refractivity contribution in [2.75, 3.05) is 17.2 Å². The number of para-hydroxylation sites is 2. The summed E-state index contributed by atoms with van der Waals surface area (Å²) in [4.78, 5) is 12.7. The summed E-state index contributed by atoms with van der Waals surface area (Å²) in [6, 6.07) is 22.1. The van der Waals surface area contributed by atoms with E-state index in [9.17, 15) is 13.2 Å². The van der Waals surface area contributed by atoms with E-state index in [1.54, 1.807) is 42.5 Å². The van der Waals surface area contributed by atoms with Gasteiger partial charge >= 0.3 is 0 Å². The molecule has 180 valence electrons. The largest absolute Gasteiger partial charge is 0.492 e. The van der Waals surface area contributed by atoms with Crippen molar-refractivity contribution in [2.24, 2.45) is 0 Å². The fourth-order valence-electron chi connectivity index (χ4n) is 3.65. The fourth-order valence-corrected chi connectivity index (χ4v) is 4.55. The summed E-state index contributed by atoms with van der Waals surface area (Å²) in [5.74, 6) is 0.327. The summed E-state index contributed by atoms with van der Waals surface area (Å²) in [6.07, 6.45) is 2.15. The lowest BCUT2D eigenvalue weighted by atomic mass is 10.0. The highest BCUT2D eigenvalue weighted by atomic mass is 32.2. The van der Waals surface area contributed by atoms with Gasteiger partial charge in [0.2, 0.25) is 10.0 Å². The molecule has 6 nitrogen and oxygen atoms in total. The summed E-state index contributed by atoms with van der Waals surface area (Å²) in [7, 11) is -3.56. The van der Waals surface area contributed by atoms with Crippen LogP contribution < -0.4 is 14.4 Å². The Morgan fingerprint density at radius 1 is 0.941 bits per heavy atom. The number of rotatable bonds is 10. The predicted molar refractivity (Wildman–Crippen MR) is 137 cm³/mol. The van der Waals surface area contributed by atoms with Crippen LogP contribution in [-0.4, -0.2) is 27.2 Å². The number of sulfonamides is 1. The molecule has 0 saturated carbocycles. The molecule has 7 heteroatoms. The van der Waals surface area contributed by atoms with Gasteiger partial charge in [-0.25, -0.2) is 8.42 Å². The third-order valence-electron chi connectivity index (χ3n) is 5.61. The second-order valence-electron chi connectivity index (χ2n) is 8.16. The smallest absolute Gasteiger partial charge is 0.251 e. The summed E-state index contributed by atoms with van der Waals surface area (Å²) in [5, 5.41) is 3.02. The van der Waals surface area contributed by atoms with Crippen LogP contribution in [0.4, 0.5) is 5.69 Å². The van der Waals surface area contributed by atoms with Gasteiger partial charge in [-0.2, -0.15) is 0 Å². The van der Waals surface area contributed by atoms with Crippen molar-refractivity contribution in [3.8, 4) is 5.75 Å². The molecule has 1 amide bonds. The molecule has 34 heavy (non-hydrogen) atoms. The lowest BCUT2D eigenvalue weighted by Gasteiger charge is -2.24. The number of benzene rings is 3. The molecule has 1 unspecified atom stereocenters. The second kappa shape index (κ2) is 11.2. The molecule has 0 fully saturated rings. The fraction of sp³-hybridized carbons (Fsp3) is 0.296. The van der Waals surface area contributed by atoms with Gasteiger partial charge in [0.1, 0.15) is 5.75 Å². The Hall–Kier alpha value is -3.32. The Kier molecular flexibility index (Phi) is 8.34. The number of amides is 1. The van der Waals surface area contributed by atoms with Crippen molar-refractivity contribution in [1.82, 2.24) is 5.32 Å². The molecule has 0 spiro atoms. The third kappa shape index (κ3) is 6.38. The summed E-state index contributed by atoms with van der Waals surface area (Å²) < 4.78 is 32.1. The summed E-state index contributed by atoms with van der Waals surface area (Å²) in [5.41, 5.74) is 4.05. The number of hydrogen-bond acceptors (Lipinski definition) is 4. The molecule has 3 aromatic carbocycles. The standard InChI is InChI=1S/C27H32N2O4S/c1-5-21-11-15-23(16-12-21)20(3)28-27(30)24-17-13-22(14-18-24)19-29(34(4,31)32)25-9-7-8-10-26(25)33-6-2/h7-18,20H,5-6,19H2,1-4H3,(H,28,30). The Morgan fingerprint density at radius 2 is 1.56 bits per heavy atom. The monoisotopic (exact) mass is 480 g/mol. The Morgan fingerprint density at radius 3 is 2.15 bits per heavy atom. The molecule has 3 rings (SSSR count). The average molecular weight is 481 g/mol. The third-order valence-corrected chi connectivity index (χ3v) is 6.74. The van der Waals surface area contributed by atoms with Gasteiger partial charge in [-0.1, -0.05) is 55.5 Å². The normalized spacial score (nSPS) is 12.1. The molecule has 1 atom stereocenters. The molecule has 0 bridgehead atoms. The first-order valence-corrected chi connectivity index (χ1v) is 13.3. The Bertz CT molecular complexity index is 1210. The maximum atomic E-state index is 12.7. The predicted octanol–water partition coefficient (Wildman–Crippen LogP) is 5.10. The van der Waals surface area contributed by atoms with Gasteiger partial charge < -0.3 is 10.1 Å². The van der Waals surface area contributed by atoms with Gasteiger partial charge in [0.15, 0.2) is 0 Å². The Labute approximate surface area is 202 Å². The molecular formula is C27H32N2O4S. The van der Waals surface area contributed by atoms with Crippen molar-refractivity contribution >= 4 is 21.6 Å². The average Bonchev–Trinajstić information content (AvgIpc) is 2.83. The number of ether oxygens (including phenoxy) is 1. The molecule has 0 aliphatic carbocycles. The highest BCUT2D eigenvalue weighted by molar-refractivity contribution is 7.92. The lowest BCUT2D eigenvalue weighted by Crippen LogP contribution is -2.30. The minimum Gasteiger partial charge on any atom is -0.492 e. The quantitative estimate of drug-likeness (QED) is 0.438. The van der Waals surface area contributed by atoms with Crippen molar-refractivity contribution in [3.63, 3.8) is 0 Å². The SMILES string of the molecule is CCOc1ccccc1N(Cc1ccc(C(=O)NC(C)c2ccc(CC)cc2)cc1)S(C)(=O)=O. The van der Waals surface area contributed by atoms with Crippen LogP contribution in [0.1, 0.15) is 53.9 Å². The number of nitrogens with one attached hydrogen (secondary N) is 1. The molecule has 0 aromatic heterocycles. The van der Waals surface area contributed by atoms with E-state index in [1.807, 2.05) is 32.0 Å². The van der Waals surface area contributed by atoms with Gasteiger partial charge in [0.25, 0.3) is 5.91 Å². The molecular weight excluding hydrogens is 448 g/mol. The van der Waals surface area contributed by atoms with E-state index in [1.165, 1.54) is 16.1 Å². The van der Waals surface area contributed by atoms with E-state index < -0.39 is 10.0 Å². The zero-order valence-corrected chi connectivity index (χ0v) is 20.9. The van der Waals surface area contributed by atoms with Gasteiger partial charge in [0, 0.05) is 5.56 Å². The van der Waals surface area contributed by atoms with Crippen molar-refractivity contribution in [1.29, 1.82) is 0 Å². The van der Waals surface area contributed by atoms with E-state index in [0.29, 0.717) is 23.6 Å². The van der Waals surface area contributed by atoms with Crippen molar-refractivity contribution in [3.05, 3.63) is 95.1 Å². The molecule has 0 saturated heterocycles. The van der Waals surface area contributed by atoms with Crippen LogP contribution in [-0.2, 0) is 23.0 Å². The first kappa shape index (κ1) is 25.3. The van der Waals surface area contributed by atoms with Crippen LogP contribution in [0.2, 0.25) is 0 Å².